The molecule has 1 rings (SSSR count). The number of aliphatic hydroxyl groups is 1. The van der Waals surface area contributed by atoms with Crippen LogP contribution in [0.3, 0.4) is 0 Å². The Bertz CT molecular complexity index is 267. The van der Waals surface area contributed by atoms with Crippen molar-refractivity contribution in [3.05, 3.63) is 12.2 Å². The van der Waals surface area contributed by atoms with Crippen molar-refractivity contribution in [2.45, 2.75) is 51.3 Å². The third kappa shape index (κ3) is 2.96. The van der Waals surface area contributed by atoms with E-state index in [1.54, 1.807) is 12.2 Å². The number of carboxylic acid groups (broad SMARTS) is 1. The number of nitrogens with zero attached hydrogens (tertiary/aromatic N) is 1. The molecule has 0 fully saturated rings. The minimum absolute atomic E-state index is 0.120. The van der Waals surface area contributed by atoms with Crippen molar-refractivity contribution in [3.8, 4) is 0 Å². The summed E-state index contributed by atoms with van der Waals surface area (Å²) >= 11 is 0. The molecular weight excluding hydrogens is 194 g/mol. The predicted molar refractivity (Wildman–Crippen MR) is 57.8 cm³/mol. The second kappa shape index (κ2) is 4.23. The summed E-state index contributed by atoms with van der Waals surface area (Å²) < 4.78 is 0. The van der Waals surface area contributed by atoms with Crippen LogP contribution < -0.4 is 0 Å². The maximum Gasteiger partial charge on any atom is 0.408 e. The summed E-state index contributed by atoms with van der Waals surface area (Å²) in [6.45, 7) is 5.62. The van der Waals surface area contributed by atoms with Gasteiger partial charge in [-0.05, 0) is 33.6 Å². The summed E-state index contributed by atoms with van der Waals surface area (Å²) in [5.41, 5.74) is -0.414. The predicted octanol–water partition coefficient (Wildman–Crippen LogP) is 1.84. The Morgan fingerprint density at radius 2 is 1.93 bits per heavy atom. The first-order valence-electron chi connectivity index (χ1n) is 5.21. The molecule has 4 heteroatoms. The molecule has 0 aromatic carbocycles. The maximum absolute atomic E-state index is 11.2. The van der Waals surface area contributed by atoms with Crippen LogP contribution in [-0.2, 0) is 0 Å². The second-order valence-corrected chi connectivity index (χ2v) is 4.92. The molecule has 0 bridgehead atoms. The van der Waals surface area contributed by atoms with E-state index in [2.05, 4.69) is 0 Å². The SMILES string of the molecule is CC(C)(C)N(C(=O)O)[C@H]1C=C[C@@H](O)CC1. The van der Waals surface area contributed by atoms with Crippen molar-refractivity contribution in [2.75, 3.05) is 0 Å². The molecule has 0 saturated heterocycles. The van der Waals surface area contributed by atoms with E-state index >= 15 is 0 Å². The van der Waals surface area contributed by atoms with E-state index in [4.69, 9.17) is 5.11 Å². The first-order chi connectivity index (χ1) is 6.82. The lowest BCUT2D eigenvalue weighted by molar-refractivity contribution is 0.0720. The van der Waals surface area contributed by atoms with Crippen LogP contribution in [0, 0.1) is 0 Å². The first-order valence-corrected chi connectivity index (χ1v) is 5.21. The van der Waals surface area contributed by atoms with E-state index in [1.165, 1.54) is 4.90 Å². The van der Waals surface area contributed by atoms with Gasteiger partial charge >= 0.3 is 6.09 Å². The fourth-order valence-corrected chi connectivity index (χ4v) is 1.93. The number of rotatable bonds is 1. The van der Waals surface area contributed by atoms with Gasteiger partial charge in [-0.2, -0.15) is 0 Å². The van der Waals surface area contributed by atoms with Gasteiger partial charge in [-0.25, -0.2) is 4.79 Å². The van der Waals surface area contributed by atoms with Crippen LogP contribution in [0.2, 0.25) is 0 Å². The average Bonchev–Trinajstić information content (AvgIpc) is 2.05. The van der Waals surface area contributed by atoms with Crippen LogP contribution in [0.4, 0.5) is 4.79 Å². The summed E-state index contributed by atoms with van der Waals surface area (Å²) in [6.07, 6.45) is 3.44. The summed E-state index contributed by atoms with van der Waals surface area (Å²) in [7, 11) is 0. The van der Waals surface area contributed by atoms with E-state index in [0.29, 0.717) is 12.8 Å². The molecule has 4 nitrogen and oxygen atoms in total. The van der Waals surface area contributed by atoms with E-state index in [1.807, 2.05) is 20.8 Å². The molecule has 0 heterocycles. The van der Waals surface area contributed by atoms with Crippen LogP contribution in [0.25, 0.3) is 0 Å². The van der Waals surface area contributed by atoms with Crippen molar-refractivity contribution < 1.29 is 15.0 Å². The van der Waals surface area contributed by atoms with Crippen molar-refractivity contribution in [1.82, 2.24) is 4.90 Å². The molecule has 0 aromatic rings. The maximum atomic E-state index is 11.2. The molecule has 0 unspecified atom stereocenters. The molecule has 0 saturated carbocycles. The van der Waals surface area contributed by atoms with Gasteiger partial charge in [-0.15, -0.1) is 0 Å². The van der Waals surface area contributed by atoms with Gasteiger partial charge in [0.1, 0.15) is 0 Å². The van der Waals surface area contributed by atoms with Gasteiger partial charge in [0.25, 0.3) is 0 Å². The Morgan fingerprint density at radius 3 is 2.27 bits per heavy atom. The minimum Gasteiger partial charge on any atom is -0.465 e. The molecule has 2 atom stereocenters. The zero-order chi connectivity index (χ0) is 11.6. The summed E-state index contributed by atoms with van der Waals surface area (Å²) in [6, 6.07) is -0.120. The van der Waals surface area contributed by atoms with E-state index < -0.39 is 17.7 Å². The summed E-state index contributed by atoms with van der Waals surface area (Å²) in [5.74, 6) is 0. The number of aliphatic hydroxyl groups excluding tert-OH is 1. The highest BCUT2D eigenvalue weighted by molar-refractivity contribution is 5.67. The quantitative estimate of drug-likeness (QED) is 0.653. The zero-order valence-corrected chi connectivity index (χ0v) is 9.47. The summed E-state index contributed by atoms with van der Waals surface area (Å²) in [4.78, 5) is 12.6. The lowest BCUT2D eigenvalue weighted by Gasteiger charge is -2.39. The van der Waals surface area contributed by atoms with Gasteiger partial charge in [-0.1, -0.05) is 12.2 Å². The highest BCUT2D eigenvalue weighted by Crippen LogP contribution is 2.24. The topological polar surface area (TPSA) is 60.8 Å². The molecule has 2 N–H and O–H groups in total. The monoisotopic (exact) mass is 213 g/mol. The van der Waals surface area contributed by atoms with Gasteiger partial charge in [0.2, 0.25) is 0 Å². The second-order valence-electron chi connectivity index (χ2n) is 4.92. The molecule has 1 amide bonds. The highest BCUT2D eigenvalue weighted by atomic mass is 16.4. The molecule has 0 aromatic heterocycles. The lowest BCUT2D eigenvalue weighted by atomic mass is 9.95. The van der Waals surface area contributed by atoms with Gasteiger partial charge in [0.15, 0.2) is 0 Å². The van der Waals surface area contributed by atoms with Crippen molar-refractivity contribution >= 4 is 6.09 Å². The molecule has 86 valence electrons. The summed E-state index contributed by atoms with van der Waals surface area (Å²) in [5, 5.41) is 18.5. The van der Waals surface area contributed by atoms with Crippen LogP contribution >= 0.6 is 0 Å². The highest BCUT2D eigenvalue weighted by Gasteiger charge is 2.33. The Morgan fingerprint density at radius 1 is 1.33 bits per heavy atom. The Balaban J connectivity index is 2.83. The zero-order valence-electron chi connectivity index (χ0n) is 9.47. The van der Waals surface area contributed by atoms with Crippen molar-refractivity contribution in [2.24, 2.45) is 0 Å². The lowest BCUT2D eigenvalue weighted by Crippen LogP contribution is -2.51. The standard InChI is InChI=1S/C11H19NO3/c1-11(2,3)12(10(14)15)8-4-6-9(13)7-5-8/h4,6,8-9,13H,5,7H2,1-3H3,(H,14,15)/t8-,9+/m0/s1. The minimum atomic E-state index is -0.909. The van der Waals surface area contributed by atoms with E-state index in [9.17, 15) is 9.90 Å². The molecule has 1 aliphatic carbocycles. The van der Waals surface area contributed by atoms with Gasteiger partial charge in [0.05, 0.1) is 12.1 Å². The fraction of sp³-hybridized carbons (Fsp3) is 0.727. The fourth-order valence-electron chi connectivity index (χ4n) is 1.93. The first kappa shape index (κ1) is 12.0. The van der Waals surface area contributed by atoms with Gasteiger partial charge < -0.3 is 10.2 Å². The Hall–Kier alpha value is -1.03. The number of carbonyl (C=O) groups is 1. The molecule has 1 aliphatic rings. The normalized spacial score (nSPS) is 26.4. The molecule has 15 heavy (non-hydrogen) atoms. The van der Waals surface area contributed by atoms with Crippen LogP contribution in [-0.4, -0.2) is 38.9 Å². The molecule has 0 spiro atoms. The number of amides is 1. The van der Waals surface area contributed by atoms with Crippen LogP contribution in [0.1, 0.15) is 33.6 Å². The molecule has 0 radical (unpaired) electrons. The number of hydrogen-bond acceptors (Lipinski definition) is 2. The Kier molecular flexibility index (Phi) is 3.39. The smallest absolute Gasteiger partial charge is 0.408 e. The molecule has 0 aliphatic heterocycles. The third-order valence-corrected chi connectivity index (χ3v) is 2.57. The van der Waals surface area contributed by atoms with E-state index in [0.717, 1.165) is 0 Å². The van der Waals surface area contributed by atoms with Crippen molar-refractivity contribution in [3.63, 3.8) is 0 Å². The van der Waals surface area contributed by atoms with Crippen molar-refractivity contribution in [1.29, 1.82) is 0 Å². The van der Waals surface area contributed by atoms with E-state index in [-0.39, 0.29) is 6.04 Å². The Labute approximate surface area is 90.2 Å². The third-order valence-electron chi connectivity index (χ3n) is 2.57. The average molecular weight is 213 g/mol. The van der Waals surface area contributed by atoms with Gasteiger partial charge in [-0.3, -0.25) is 4.90 Å². The number of hydrogen-bond donors (Lipinski definition) is 2. The van der Waals surface area contributed by atoms with Gasteiger partial charge in [0, 0.05) is 5.54 Å². The largest absolute Gasteiger partial charge is 0.465 e. The van der Waals surface area contributed by atoms with Crippen LogP contribution in [0.5, 0.6) is 0 Å². The molecular formula is C11H19NO3. The van der Waals surface area contributed by atoms with Crippen LogP contribution in [0.15, 0.2) is 12.2 Å².